The third kappa shape index (κ3) is 4.80. The van der Waals surface area contributed by atoms with E-state index in [4.69, 9.17) is 11.6 Å². The summed E-state index contributed by atoms with van der Waals surface area (Å²) in [4.78, 5) is 1.57. The minimum atomic E-state index is -3.92. The molecular formula is C22H28ClN5O3S. The number of benzene rings is 2. The highest BCUT2D eigenvalue weighted by molar-refractivity contribution is 7.87. The highest BCUT2D eigenvalue weighted by Gasteiger charge is 2.45. The molecule has 0 aliphatic carbocycles. The molecule has 0 bridgehead atoms. The van der Waals surface area contributed by atoms with E-state index in [1.807, 2.05) is 30.3 Å². The fourth-order valence-corrected chi connectivity index (χ4v) is 4.92. The number of hydrazone groups is 1. The van der Waals surface area contributed by atoms with Crippen LogP contribution in [0.15, 0.2) is 64.1 Å². The standard InChI is InChI=1S/C22H28ClN5O3S/c1-5-27(6-2)32(30,31)25-21(26(3)4)28-16-22(29,18-10-8-7-9-11-18)20(24-28)17-12-14-19(23)15-13-17/h7-15,29H,5-6,16H2,1-4H3. The van der Waals surface area contributed by atoms with Gasteiger partial charge in [-0.05, 0) is 17.7 Å². The molecule has 2 aromatic carbocycles. The molecular weight excluding hydrogens is 450 g/mol. The normalized spacial score (nSPS) is 19.4. The number of guanidine groups is 1. The zero-order valence-electron chi connectivity index (χ0n) is 18.6. The molecule has 0 saturated carbocycles. The summed E-state index contributed by atoms with van der Waals surface area (Å²) in [6, 6.07) is 16.2. The summed E-state index contributed by atoms with van der Waals surface area (Å²) in [5, 5.41) is 18.4. The first-order chi connectivity index (χ1) is 15.1. The van der Waals surface area contributed by atoms with Crippen LogP contribution in [-0.2, 0) is 15.8 Å². The van der Waals surface area contributed by atoms with Crippen LogP contribution in [0.1, 0.15) is 25.0 Å². The largest absolute Gasteiger partial charge is 0.377 e. The zero-order valence-corrected chi connectivity index (χ0v) is 20.2. The zero-order chi connectivity index (χ0) is 23.5. The highest BCUT2D eigenvalue weighted by Crippen LogP contribution is 2.34. The molecule has 172 valence electrons. The average Bonchev–Trinajstić information content (AvgIpc) is 3.12. The molecule has 1 heterocycles. The number of β-amino-alcohol motifs (C(OH)–C–C–N with tert-alkyl or cyclic N) is 1. The van der Waals surface area contributed by atoms with E-state index in [-0.39, 0.29) is 12.5 Å². The van der Waals surface area contributed by atoms with Gasteiger partial charge in [-0.15, -0.1) is 4.40 Å². The summed E-state index contributed by atoms with van der Waals surface area (Å²) in [6.07, 6.45) is 0. The molecule has 0 aromatic heterocycles. The topological polar surface area (TPSA) is 88.8 Å². The van der Waals surface area contributed by atoms with Crippen LogP contribution in [-0.4, -0.2) is 73.1 Å². The molecule has 0 spiro atoms. The molecule has 0 fully saturated rings. The quantitative estimate of drug-likeness (QED) is 0.510. The molecule has 1 unspecified atom stereocenters. The van der Waals surface area contributed by atoms with Crippen molar-refractivity contribution >= 4 is 33.5 Å². The van der Waals surface area contributed by atoms with Gasteiger partial charge in [-0.1, -0.05) is 67.9 Å². The van der Waals surface area contributed by atoms with Gasteiger partial charge in [0, 0.05) is 37.8 Å². The van der Waals surface area contributed by atoms with Crippen LogP contribution in [0.2, 0.25) is 5.02 Å². The minimum Gasteiger partial charge on any atom is -0.377 e. The van der Waals surface area contributed by atoms with Gasteiger partial charge in [0.15, 0.2) is 5.60 Å². The van der Waals surface area contributed by atoms with Gasteiger partial charge < -0.3 is 10.0 Å². The van der Waals surface area contributed by atoms with Gasteiger partial charge in [-0.2, -0.15) is 17.8 Å². The second-order valence-electron chi connectivity index (χ2n) is 7.59. The van der Waals surface area contributed by atoms with E-state index in [1.165, 1.54) is 9.31 Å². The molecule has 8 nitrogen and oxygen atoms in total. The molecule has 32 heavy (non-hydrogen) atoms. The Morgan fingerprint density at radius 3 is 2.25 bits per heavy atom. The highest BCUT2D eigenvalue weighted by atomic mass is 35.5. The lowest BCUT2D eigenvalue weighted by Gasteiger charge is -2.28. The van der Waals surface area contributed by atoms with Gasteiger partial charge >= 0.3 is 10.2 Å². The Hall–Kier alpha value is -2.46. The third-order valence-corrected chi connectivity index (χ3v) is 7.03. The first-order valence-electron chi connectivity index (χ1n) is 10.3. The van der Waals surface area contributed by atoms with Crippen molar-refractivity contribution in [2.45, 2.75) is 19.4 Å². The summed E-state index contributed by atoms with van der Waals surface area (Å²) in [5.74, 6) is 0.107. The summed E-state index contributed by atoms with van der Waals surface area (Å²) in [7, 11) is -0.547. The molecule has 10 heteroatoms. The Bertz CT molecular complexity index is 1100. The Morgan fingerprint density at radius 2 is 1.72 bits per heavy atom. The minimum absolute atomic E-state index is 0.000242. The first-order valence-corrected chi connectivity index (χ1v) is 12.1. The van der Waals surface area contributed by atoms with E-state index >= 15 is 0 Å². The molecule has 1 aliphatic heterocycles. The summed E-state index contributed by atoms with van der Waals surface area (Å²) >= 11 is 6.05. The predicted octanol–water partition coefficient (Wildman–Crippen LogP) is 2.75. The molecule has 0 radical (unpaired) electrons. The van der Waals surface area contributed by atoms with Crippen LogP contribution in [0.5, 0.6) is 0 Å². The lowest BCUT2D eigenvalue weighted by Crippen LogP contribution is -2.44. The number of halogens is 1. The molecule has 3 rings (SSSR count). The van der Waals surface area contributed by atoms with Crippen molar-refractivity contribution in [1.82, 2.24) is 14.2 Å². The van der Waals surface area contributed by atoms with Gasteiger partial charge in [-0.3, -0.25) is 0 Å². The van der Waals surface area contributed by atoms with Gasteiger partial charge in [-0.25, -0.2) is 5.01 Å². The molecule has 1 aliphatic rings. The fraction of sp³-hybridized carbons (Fsp3) is 0.364. The lowest BCUT2D eigenvalue weighted by atomic mass is 9.86. The molecule has 2 aromatic rings. The Balaban J connectivity index is 2.14. The van der Waals surface area contributed by atoms with Crippen LogP contribution < -0.4 is 0 Å². The van der Waals surface area contributed by atoms with E-state index in [9.17, 15) is 13.5 Å². The van der Waals surface area contributed by atoms with Crippen molar-refractivity contribution in [3.63, 3.8) is 0 Å². The van der Waals surface area contributed by atoms with Gasteiger partial charge in [0.05, 0.1) is 6.54 Å². The molecule has 0 amide bonds. The van der Waals surface area contributed by atoms with Crippen LogP contribution in [0, 0.1) is 0 Å². The predicted molar refractivity (Wildman–Crippen MR) is 128 cm³/mol. The lowest BCUT2D eigenvalue weighted by molar-refractivity contribution is 0.102. The molecule has 1 N–H and O–H groups in total. The SMILES string of the molecule is CCN(CC)S(=O)(=O)N=C(N(C)C)N1CC(O)(c2ccccc2)C(c2ccc(Cl)cc2)=N1. The van der Waals surface area contributed by atoms with Crippen LogP contribution in [0.25, 0.3) is 0 Å². The maximum Gasteiger partial charge on any atom is 0.325 e. The van der Waals surface area contributed by atoms with Crippen molar-refractivity contribution in [1.29, 1.82) is 0 Å². The summed E-state index contributed by atoms with van der Waals surface area (Å²) in [5.41, 5.74) is 0.217. The Morgan fingerprint density at radius 1 is 1.12 bits per heavy atom. The van der Waals surface area contributed by atoms with Crippen molar-refractivity contribution in [3.05, 3.63) is 70.7 Å². The second kappa shape index (κ2) is 9.58. The number of hydrogen-bond acceptors (Lipinski definition) is 4. The van der Waals surface area contributed by atoms with Crippen LogP contribution >= 0.6 is 11.6 Å². The first kappa shape index (κ1) is 24.2. The van der Waals surface area contributed by atoms with Crippen LogP contribution in [0.3, 0.4) is 0 Å². The fourth-order valence-electron chi connectivity index (χ4n) is 3.56. The van der Waals surface area contributed by atoms with E-state index < -0.39 is 15.8 Å². The Kier molecular flexibility index (Phi) is 7.24. The van der Waals surface area contributed by atoms with E-state index in [0.717, 1.165) is 0 Å². The number of hydrogen-bond donors (Lipinski definition) is 1. The monoisotopic (exact) mass is 477 g/mol. The second-order valence-corrected chi connectivity index (χ2v) is 9.62. The maximum atomic E-state index is 12.8. The third-order valence-electron chi connectivity index (χ3n) is 5.22. The van der Waals surface area contributed by atoms with E-state index in [2.05, 4.69) is 9.50 Å². The Labute approximate surface area is 194 Å². The van der Waals surface area contributed by atoms with E-state index in [1.54, 1.807) is 57.1 Å². The number of aliphatic hydroxyl groups is 1. The van der Waals surface area contributed by atoms with Gasteiger partial charge in [0.1, 0.15) is 5.71 Å². The summed E-state index contributed by atoms with van der Waals surface area (Å²) in [6.45, 7) is 4.12. The average molecular weight is 478 g/mol. The number of rotatable bonds is 6. The van der Waals surface area contributed by atoms with E-state index in [0.29, 0.717) is 35.0 Å². The number of nitrogens with zero attached hydrogens (tertiary/aromatic N) is 5. The maximum absolute atomic E-state index is 12.8. The van der Waals surface area contributed by atoms with Crippen molar-refractivity contribution in [2.24, 2.45) is 9.50 Å². The van der Waals surface area contributed by atoms with Gasteiger partial charge in [0.2, 0.25) is 5.96 Å². The molecule has 0 saturated heterocycles. The summed E-state index contributed by atoms with van der Waals surface area (Å²) < 4.78 is 31.0. The van der Waals surface area contributed by atoms with Crippen molar-refractivity contribution < 1.29 is 13.5 Å². The smallest absolute Gasteiger partial charge is 0.325 e. The molecule has 1 atom stereocenters. The van der Waals surface area contributed by atoms with Crippen molar-refractivity contribution in [2.75, 3.05) is 33.7 Å². The van der Waals surface area contributed by atoms with Gasteiger partial charge in [0.25, 0.3) is 0 Å². The van der Waals surface area contributed by atoms with Crippen LogP contribution in [0.4, 0.5) is 0 Å². The van der Waals surface area contributed by atoms with Crippen molar-refractivity contribution in [3.8, 4) is 0 Å².